The fourth-order valence-electron chi connectivity index (χ4n) is 2.48. The largest absolute Gasteiger partial charge is 0.326 e. The summed E-state index contributed by atoms with van der Waals surface area (Å²) in [5.74, 6) is 0. The van der Waals surface area contributed by atoms with Gasteiger partial charge in [0.1, 0.15) is 0 Å². The highest BCUT2D eigenvalue weighted by atomic mass is 16.2. The number of nitrogens with zero attached hydrogens (tertiary/aromatic N) is 1. The van der Waals surface area contributed by atoms with Crippen LogP contribution in [-0.4, -0.2) is 12.6 Å². The molecular weight excluding hydrogens is 284 g/mol. The minimum Gasteiger partial charge on any atom is -0.308 e. The van der Waals surface area contributed by atoms with Gasteiger partial charge >= 0.3 is 6.03 Å². The van der Waals surface area contributed by atoms with Crippen molar-refractivity contribution in [2.45, 2.75) is 40.0 Å². The Kier molecular flexibility index (Phi) is 5.09. The Morgan fingerprint density at radius 3 is 2.26 bits per heavy atom. The summed E-state index contributed by atoms with van der Waals surface area (Å²) in [4.78, 5) is 14.3. The van der Waals surface area contributed by atoms with Crippen molar-refractivity contribution in [1.29, 1.82) is 0 Å². The van der Waals surface area contributed by atoms with E-state index < -0.39 is 0 Å². The molecule has 0 atom stereocenters. The Morgan fingerprint density at radius 1 is 1.09 bits per heavy atom. The van der Waals surface area contributed by atoms with Crippen molar-refractivity contribution in [2.75, 3.05) is 16.8 Å². The van der Waals surface area contributed by atoms with Crippen LogP contribution in [0.15, 0.2) is 48.5 Å². The maximum atomic E-state index is 12.6. The van der Waals surface area contributed by atoms with E-state index in [4.69, 9.17) is 0 Å². The smallest absolute Gasteiger partial charge is 0.308 e. The zero-order chi connectivity index (χ0) is 17.0. The third-order valence-electron chi connectivity index (χ3n) is 3.88. The molecule has 0 aromatic heterocycles. The van der Waals surface area contributed by atoms with Crippen molar-refractivity contribution >= 4 is 17.4 Å². The van der Waals surface area contributed by atoms with Gasteiger partial charge in [-0.05, 0) is 54.7 Å². The number of carbonyl (C=O) groups is 1. The second kappa shape index (κ2) is 6.86. The summed E-state index contributed by atoms with van der Waals surface area (Å²) in [7, 11) is 0. The van der Waals surface area contributed by atoms with Crippen LogP contribution in [0, 0.1) is 6.92 Å². The average molecular weight is 310 g/mol. The molecule has 0 spiro atoms. The van der Waals surface area contributed by atoms with E-state index in [1.54, 1.807) is 4.90 Å². The van der Waals surface area contributed by atoms with Gasteiger partial charge in [0.15, 0.2) is 0 Å². The lowest BCUT2D eigenvalue weighted by Crippen LogP contribution is -2.34. The Morgan fingerprint density at radius 2 is 1.74 bits per heavy atom. The van der Waals surface area contributed by atoms with Crippen LogP contribution in [0.1, 0.15) is 38.8 Å². The molecule has 0 heterocycles. The normalized spacial score (nSPS) is 11.2. The fraction of sp³-hybridized carbons (Fsp3) is 0.350. The van der Waals surface area contributed by atoms with Crippen molar-refractivity contribution in [3.8, 4) is 0 Å². The Balaban J connectivity index is 2.14. The number of amides is 2. The highest BCUT2D eigenvalue weighted by Gasteiger charge is 2.16. The molecule has 122 valence electrons. The number of urea groups is 1. The first kappa shape index (κ1) is 17.1. The first-order chi connectivity index (χ1) is 10.8. The van der Waals surface area contributed by atoms with Crippen LogP contribution < -0.4 is 10.2 Å². The highest BCUT2D eigenvalue weighted by molar-refractivity contribution is 6.01. The quantitative estimate of drug-likeness (QED) is 0.814. The number of anilines is 2. The number of hydrogen-bond donors (Lipinski definition) is 1. The van der Waals surface area contributed by atoms with Crippen molar-refractivity contribution in [1.82, 2.24) is 0 Å². The summed E-state index contributed by atoms with van der Waals surface area (Å²) in [6.45, 7) is 11.2. The predicted molar refractivity (Wildman–Crippen MR) is 98.4 cm³/mol. The van der Waals surface area contributed by atoms with Gasteiger partial charge < -0.3 is 5.32 Å². The lowest BCUT2D eigenvalue weighted by molar-refractivity contribution is 0.257. The molecule has 1 N–H and O–H groups in total. The molecule has 0 aliphatic carbocycles. The van der Waals surface area contributed by atoms with Gasteiger partial charge in [-0.3, -0.25) is 4.90 Å². The topological polar surface area (TPSA) is 32.3 Å². The second-order valence-corrected chi connectivity index (χ2v) is 6.84. The molecule has 23 heavy (non-hydrogen) atoms. The van der Waals surface area contributed by atoms with E-state index in [0.717, 1.165) is 16.9 Å². The lowest BCUT2D eigenvalue weighted by atomic mass is 9.87. The number of aryl methyl sites for hydroxylation is 1. The maximum Gasteiger partial charge on any atom is 0.326 e. The van der Waals surface area contributed by atoms with Gasteiger partial charge in [-0.2, -0.15) is 0 Å². The summed E-state index contributed by atoms with van der Waals surface area (Å²) < 4.78 is 0. The summed E-state index contributed by atoms with van der Waals surface area (Å²) in [6.07, 6.45) is 0. The lowest BCUT2D eigenvalue weighted by Gasteiger charge is -2.23. The molecule has 0 unspecified atom stereocenters. The fourth-order valence-corrected chi connectivity index (χ4v) is 2.48. The second-order valence-electron chi connectivity index (χ2n) is 6.84. The van der Waals surface area contributed by atoms with Gasteiger partial charge in [-0.1, -0.05) is 45.0 Å². The van der Waals surface area contributed by atoms with Gasteiger partial charge in [-0.25, -0.2) is 4.79 Å². The van der Waals surface area contributed by atoms with Crippen molar-refractivity contribution in [3.63, 3.8) is 0 Å². The van der Waals surface area contributed by atoms with Crippen LogP contribution in [0.2, 0.25) is 0 Å². The van der Waals surface area contributed by atoms with E-state index in [1.165, 1.54) is 5.56 Å². The van der Waals surface area contributed by atoms with Crippen LogP contribution in [0.25, 0.3) is 0 Å². The Labute approximate surface area is 139 Å². The molecule has 0 bridgehead atoms. The SMILES string of the molecule is CCN(C(=O)Nc1ccc(C(C)(C)C)cc1)c1cccc(C)c1. The molecule has 2 rings (SSSR count). The molecule has 0 fully saturated rings. The Hall–Kier alpha value is -2.29. The maximum absolute atomic E-state index is 12.6. The number of rotatable bonds is 3. The van der Waals surface area contributed by atoms with Crippen LogP contribution in [0.5, 0.6) is 0 Å². The first-order valence-corrected chi connectivity index (χ1v) is 8.07. The molecule has 0 radical (unpaired) electrons. The van der Waals surface area contributed by atoms with Crippen molar-refractivity contribution < 1.29 is 4.79 Å². The number of nitrogens with one attached hydrogen (secondary N) is 1. The summed E-state index contributed by atoms with van der Waals surface area (Å²) in [6, 6.07) is 15.9. The van der Waals surface area contributed by atoms with E-state index in [9.17, 15) is 4.79 Å². The van der Waals surface area contributed by atoms with E-state index in [2.05, 4.69) is 38.2 Å². The summed E-state index contributed by atoms with van der Waals surface area (Å²) in [5, 5.41) is 2.98. The molecule has 3 nitrogen and oxygen atoms in total. The zero-order valence-electron chi connectivity index (χ0n) is 14.7. The van der Waals surface area contributed by atoms with Crippen molar-refractivity contribution in [3.05, 3.63) is 59.7 Å². The van der Waals surface area contributed by atoms with Gasteiger partial charge in [-0.15, -0.1) is 0 Å². The monoisotopic (exact) mass is 310 g/mol. The van der Waals surface area contributed by atoms with E-state index in [0.29, 0.717) is 6.54 Å². The zero-order valence-corrected chi connectivity index (χ0v) is 14.7. The van der Waals surface area contributed by atoms with Crippen LogP contribution in [0.4, 0.5) is 16.2 Å². The van der Waals surface area contributed by atoms with Crippen LogP contribution in [0.3, 0.4) is 0 Å². The van der Waals surface area contributed by atoms with E-state index >= 15 is 0 Å². The number of benzene rings is 2. The number of hydrogen-bond acceptors (Lipinski definition) is 1. The summed E-state index contributed by atoms with van der Waals surface area (Å²) in [5.41, 5.74) is 4.23. The Bertz CT molecular complexity index is 669. The minimum atomic E-state index is -0.110. The molecule has 0 saturated carbocycles. The van der Waals surface area contributed by atoms with E-state index in [-0.39, 0.29) is 11.4 Å². The van der Waals surface area contributed by atoms with E-state index in [1.807, 2.05) is 50.2 Å². The molecule has 2 aromatic carbocycles. The van der Waals surface area contributed by atoms with Gasteiger partial charge in [0.05, 0.1) is 0 Å². The molecule has 2 aromatic rings. The molecular formula is C20H26N2O. The first-order valence-electron chi connectivity index (χ1n) is 8.07. The van der Waals surface area contributed by atoms with Gasteiger partial charge in [0.25, 0.3) is 0 Å². The third kappa shape index (κ3) is 4.35. The third-order valence-corrected chi connectivity index (χ3v) is 3.88. The molecule has 0 aliphatic rings. The average Bonchev–Trinajstić information content (AvgIpc) is 2.47. The minimum absolute atomic E-state index is 0.110. The van der Waals surface area contributed by atoms with Crippen LogP contribution >= 0.6 is 0 Å². The van der Waals surface area contributed by atoms with Crippen LogP contribution in [-0.2, 0) is 5.41 Å². The van der Waals surface area contributed by atoms with Gasteiger partial charge in [0.2, 0.25) is 0 Å². The summed E-state index contributed by atoms with van der Waals surface area (Å²) >= 11 is 0. The molecule has 0 aliphatic heterocycles. The standard InChI is InChI=1S/C20H26N2O/c1-6-22(18-9-7-8-15(2)14-18)19(23)21-17-12-10-16(11-13-17)20(3,4)5/h7-14H,6H2,1-5H3,(H,21,23). The number of carbonyl (C=O) groups excluding carboxylic acids is 1. The molecule has 2 amide bonds. The van der Waals surface area contributed by atoms with Crippen molar-refractivity contribution in [2.24, 2.45) is 0 Å². The highest BCUT2D eigenvalue weighted by Crippen LogP contribution is 2.24. The molecule has 3 heteroatoms. The molecule has 0 saturated heterocycles. The van der Waals surface area contributed by atoms with Gasteiger partial charge in [0, 0.05) is 17.9 Å². The predicted octanol–water partition coefficient (Wildman–Crippen LogP) is 5.35.